The van der Waals surface area contributed by atoms with Gasteiger partial charge in [0.05, 0.1) is 13.2 Å². The number of nitrogens with zero attached hydrogens (tertiary/aromatic N) is 3. The molecule has 7 heteroatoms. The summed E-state index contributed by atoms with van der Waals surface area (Å²) in [7, 11) is 0. The molecule has 96 valence electrons. The number of benzene rings is 1. The number of halogens is 3. The van der Waals surface area contributed by atoms with Crippen molar-refractivity contribution in [2.75, 3.05) is 0 Å². The molecule has 0 saturated heterocycles. The van der Waals surface area contributed by atoms with Crippen LogP contribution in [0.15, 0.2) is 24.3 Å². The van der Waals surface area contributed by atoms with E-state index in [1.54, 1.807) is 0 Å². The van der Waals surface area contributed by atoms with Crippen LogP contribution in [0.25, 0.3) is 0 Å². The summed E-state index contributed by atoms with van der Waals surface area (Å²) in [5.74, 6) is -0.400. The first-order chi connectivity index (χ1) is 8.61. The lowest BCUT2D eigenvalue weighted by molar-refractivity contribution is 0.135. The van der Waals surface area contributed by atoms with E-state index in [0.29, 0.717) is 5.56 Å². The van der Waals surface area contributed by atoms with E-state index in [2.05, 4.69) is 10.3 Å². The molecule has 0 radical (unpaired) electrons. The maximum absolute atomic E-state index is 12.8. The normalized spacial score (nSPS) is 11.2. The van der Waals surface area contributed by atoms with Crippen LogP contribution < -0.4 is 0 Å². The molecule has 0 aliphatic carbocycles. The van der Waals surface area contributed by atoms with Gasteiger partial charge >= 0.3 is 0 Å². The summed E-state index contributed by atoms with van der Waals surface area (Å²) in [5, 5.41) is 15.9. The Morgan fingerprint density at radius 1 is 1.22 bits per heavy atom. The smallest absolute Gasteiger partial charge is 0.282 e. The van der Waals surface area contributed by atoms with Crippen molar-refractivity contribution in [3.05, 3.63) is 47.0 Å². The highest BCUT2D eigenvalue weighted by molar-refractivity contribution is 5.18. The standard InChI is InChI=1S/C11H10F3N3O/c12-8-3-1-7(2-4-8)5-17-10(11(13)14)9(6-18)15-16-17/h1-4,11,18H,5-6H2. The van der Waals surface area contributed by atoms with Crippen molar-refractivity contribution >= 4 is 0 Å². The van der Waals surface area contributed by atoms with Crippen LogP contribution in [-0.2, 0) is 13.2 Å². The van der Waals surface area contributed by atoms with E-state index in [1.165, 1.54) is 24.3 Å². The largest absolute Gasteiger partial charge is 0.390 e. The Balaban J connectivity index is 2.28. The Hall–Kier alpha value is -1.89. The maximum Gasteiger partial charge on any atom is 0.282 e. The van der Waals surface area contributed by atoms with E-state index in [1.807, 2.05) is 0 Å². The SMILES string of the molecule is OCc1nnn(Cc2ccc(F)cc2)c1C(F)F. The van der Waals surface area contributed by atoms with Gasteiger partial charge in [-0.2, -0.15) is 0 Å². The predicted molar refractivity (Wildman–Crippen MR) is 56.4 cm³/mol. The number of hydrogen-bond donors (Lipinski definition) is 1. The van der Waals surface area contributed by atoms with Crippen LogP contribution in [0.4, 0.5) is 13.2 Å². The molecule has 2 aromatic rings. The fourth-order valence-electron chi connectivity index (χ4n) is 1.59. The van der Waals surface area contributed by atoms with Crippen molar-refractivity contribution in [1.82, 2.24) is 15.0 Å². The van der Waals surface area contributed by atoms with Gasteiger partial charge in [-0.25, -0.2) is 17.9 Å². The molecule has 1 N–H and O–H groups in total. The molecular weight excluding hydrogens is 247 g/mol. The first-order valence-electron chi connectivity index (χ1n) is 5.17. The van der Waals surface area contributed by atoms with Gasteiger partial charge in [0.2, 0.25) is 0 Å². The number of rotatable bonds is 4. The summed E-state index contributed by atoms with van der Waals surface area (Å²) in [6.07, 6.45) is -2.78. The summed E-state index contributed by atoms with van der Waals surface area (Å²) >= 11 is 0. The molecule has 1 aromatic heterocycles. The van der Waals surface area contributed by atoms with Crippen molar-refractivity contribution in [3.63, 3.8) is 0 Å². The summed E-state index contributed by atoms with van der Waals surface area (Å²) < 4.78 is 39.3. The predicted octanol–water partition coefficient (Wildman–Crippen LogP) is 1.90. The second kappa shape index (κ2) is 5.18. The lowest BCUT2D eigenvalue weighted by atomic mass is 10.2. The third-order valence-electron chi connectivity index (χ3n) is 2.45. The monoisotopic (exact) mass is 257 g/mol. The van der Waals surface area contributed by atoms with Crippen molar-refractivity contribution < 1.29 is 18.3 Å². The van der Waals surface area contributed by atoms with Gasteiger partial charge in [-0.15, -0.1) is 5.10 Å². The van der Waals surface area contributed by atoms with Gasteiger partial charge in [-0.1, -0.05) is 17.3 Å². The number of alkyl halides is 2. The maximum atomic E-state index is 12.8. The molecule has 1 heterocycles. The zero-order valence-electron chi connectivity index (χ0n) is 9.22. The average molecular weight is 257 g/mol. The topological polar surface area (TPSA) is 50.9 Å². The van der Waals surface area contributed by atoms with Crippen LogP contribution in [0.2, 0.25) is 0 Å². The van der Waals surface area contributed by atoms with Gasteiger partial charge in [0.1, 0.15) is 17.2 Å². The summed E-state index contributed by atoms with van der Waals surface area (Å²) in [4.78, 5) is 0. The highest BCUT2D eigenvalue weighted by Crippen LogP contribution is 2.22. The number of aromatic nitrogens is 3. The minimum Gasteiger partial charge on any atom is -0.390 e. The Bertz CT molecular complexity index is 525. The fourth-order valence-corrected chi connectivity index (χ4v) is 1.59. The van der Waals surface area contributed by atoms with E-state index >= 15 is 0 Å². The Morgan fingerprint density at radius 2 is 1.89 bits per heavy atom. The molecule has 0 aliphatic heterocycles. The van der Waals surface area contributed by atoms with Crippen LogP contribution in [0.3, 0.4) is 0 Å². The summed E-state index contributed by atoms with van der Waals surface area (Å²) in [6, 6.07) is 5.43. The van der Waals surface area contributed by atoms with Gasteiger partial charge < -0.3 is 5.11 Å². The van der Waals surface area contributed by atoms with Crippen molar-refractivity contribution in [1.29, 1.82) is 0 Å². The zero-order valence-corrected chi connectivity index (χ0v) is 9.22. The minimum atomic E-state index is -2.78. The molecule has 4 nitrogen and oxygen atoms in total. The van der Waals surface area contributed by atoms with Gasteiger partial charge in [0.25, 0.3) is 6.43 Å². The van der Waals surface area contributed by atoms with E-state index in [4.69, 9.17) is 5.11 Å². The Kier molecular flexibility index (Phi) is 3.61. The van der Waals surface area contributed by atoms with Crippen LogP contribution in [0.5, 0.6) is 0 Å². The van der Waals surface area contributed by atoms with E-state index in [-0.39, 0.29) is 12.2 Å². The Morgan fingerprint density at radius 3 is 2.44 bits per heavy atom. The molecule has 2 rings (SSSR count). The lowest BCUT2D eigenvalue weighted by Gasteiger charge is -2.06. The molecule has 0 amide bonds. The molecule has 0 aliphatic rings. The molecule has 1 aromatic carbocycles. The number of hydrogen-bond acceptors (Lipinski definition) is 3. The second-order valence-electron chi connectivity index (χ2n) is 3.66. The highest BCUT2D eigenvalue weighted by Gasteiger charge is 2.21. The molecule has 0 saturated carbocycles. The summed E-state index contributed by atoms with van der Waals surface area (Å²) in [5.41, 5.74) is 0.0571. The molecule has 18 heavy (non-hydrogen) atoms. The minimum absolute atomic E-state index is 0.0486. The van der Waals surface area contributed by atoms with Crippen molar-refractivity contribution in [2.24, 2.45) is 0 Å². The van der Waals surface area contributed by atoms with Crippen molar-refractivity contribution in [3.8, 4) is 0 Å². The van der Waals surface area contributed by atoms with Crippen LogP contribution in [-0.4, -0.2) is 20.1 Å². The first kappa shape index (κ1) is 12.6. The van der Waals surface area contributed by atoms with Crippen LogP contribution in [0.1, 0.15) is 23.4 Å². The third kappa shape index (κ3) is 2.51. The number of aliphatic hydroxyl groups excluding tert-OH is 1. The van der Waals surface area contributed by atoms with Gasteiger partial charge in [0.15, 0.2) is 0 Å². The Labute approximate surface area is 101 Å². The lowest BCUT2D eigenvalue weighted by Crippen LogP contribution is -2.08. The fraction of sp³-hybridized carbons (Fsp3) is 0.273. The van der Waals surface area contributed by atoms with Gasteiger partial charge in [-0.05, 0) is 17.7 Å². The molecular formula is C11H10F3N3O. The van der Waals surface area contributed by atoms with Gasteiger partial charge in [0, 0.05) is 0 Å². The summed E-state index contributed by atoms with van der Waals surface area (Å²) in [6.45, 7) is -0.546. The highest BCUT2D eigenvalue weighted by atomic mass is 19.3. The van der Waals surface area contributed by atoms with E-state index in [0.717, 1.165) is 4.68 Å². The van der Waals surface area contributed by atoms with Crippen LogP contribution in [0, 0.1) is 5.82 Å². The molecule has 0 bridgehead atoms. The molecule has 0 unspecified atom stereocenters. The second-order valence-corrected chi connectivity index (χ2v) is 3.66. The third-order valence-corrected chi connectivity index (χ3v) is 2.45. The molecule has 0 spiro atoms. The molecule has 0 atom stereocenters. The van der Waals surface area contributed by atoms with Crippen molar-refractivity contribution in [2.45, 2.75) is 19.6 Å². The average Bonchev–Trinajstić information content (AvgIpc) is 2.75. The zero-order chi connectivity index (χ0) is 13.1. The molecule has 0 fully saturated rings. The first-order valence-corrected chi connectivity index (χ1v) is 5.17. The van der Waals surface area contributed by atoms with E-state index in [9.17, 15) is 13.2 Å². The van der Waals surface area contributed by atoms with Gasteiger partial charge in [-0.3, -0.25) is 0 Å². The quantitative estimate of drug-likeness (QED) is 0.910. The van der Waals surface area contributed by atoms with Crippen LogP contribution >= 0.6 is 0 Å². The van der Waals surface area contributed by atoms with E-state index < -0.39 is 24.5 Å². The number of aliphatic hydroxyl groups is 1.